The van der Waals surface area contributed by atoms with E-state index in [2.05, 4.69) is 14.6 Å². The lowest BCUT2D eigenvalue weighted by Crippen LogP contribution is -2.29. The molecular formula is C18H23N3O4S. The van der Waals surface area contributed by atoms with Crippen LogP contribution in [0.2, 0.25) is 0 Å². The summed E-state index contributed by atoms with van der Waals surface area (Å²) in [6.45, 7) is 2.02. The van der Waals surface area contributed by atoms with Crippen molar-refractivity contribution in [2.75, 3.05) is 36.9 Å². The van der Waals surface area contributed by atoms with Crippen molar-refractivity contribution in [3.8, 4) is 11.5 Å². The Bertz CT molecular complexity index is 847. The highest BCUT2D eigenvalue weighted by Crippen LogP contribution is 2.29. The van der Waals surface area contributed by atoms with Gasteiger partial charge < -0.3 is 14.4 Å². The molecule has 0 amide bonds. The number of nitrogens with zero attached hydrogens (tertiary/aromatic N) is 2. The molecule has 140 valence electrons. The molecule has 0 saturated carbocycles. The van der Waals surface area contributed by atoms with Crippen LogP contribution in [0.25, 0.3) is 0 Å². The van der Waals surface area contributed by atoms with Gasteiger partial charge in [-0.3, -0.25) is 4.72 Å². The standard InChI is InChI=1S/C18H23N3O4S/c1-24-15-7-8-17(16(12-15)25-2)26(22,23)20-18-9-6-14(13-19-18)21-10-4-3-5-11-21/h6-9,12-13H,3-5,10-11H2,1-2H3,(H,19,20). The molecule has 2 heterocycles. The number of sulfonamides is 1. The predicted molar refractivity (Wildman–Crippen MR) is 101 cm³/mol. The van der Waals surface area contributed by atoms with E-state index in [-0.39, 0.29) is 16.5 Å². The summed E-state index contributed by atoms with van der Waals surface area (Å²) in [6, 6.07) is 8.12. The Kier molecular flexibility index (Phi) is 5.51. The molecule has 8 heteroatoms. The molecule has 1 aliphatic rings. The maximum atomic E-state index is 12.7. The maximum absolute atomic E-state index is 12.7. The highest BCUT2D eigenvalue weighted by atomic mass is 32.2. The summed E-state index contributed by atoms with van der Waals surface area (Å²) >= 11 is 0. The van der Waals surface area contributed by atoms with Gasteiger partial charge in [-0.05, 0) is 43.5 Å². The van der Waals surface area contributed by atoms with Crippen molar-refractivity contribution in [2.45, 2.75) is 24.2 Å². The molecule has 0 radical (unpaired) electrons. The average Bonchev–Trinajstić information content (AvgIpc) is 2.68. The third-order valence-corrected chi connectivity index (χ3v) is 5.76. The zero-order valence-electron chi connectivity index (χ0n) is 14.9. The number of benzene rings is 1. The zero-order valence-corrected chi connectivity index (χ0v) is 15.8. The molecule has 0 aliphatic carbocycles. The van der Waals surface area contributed by atoms with Gasteiger partial charge in [-0.25, -0.2) is 13.4 Å². The summed E-state index contributed by atoms with van der Waals surface area (Å²) in [5.74, 6) is 0.996. The second kappa shape index (κ2) is 7.82. The molecule has 7 nitrogen and oxygen atoms in total. The summed E-state index contributed by atoms with van der Waals surface area (Å²) in [6.07, 6.45) is 5.30. The molecule has 1 aromatic heterocycles. The van der Waals surface area contributed by atoms with Gasteiger partial charge in [0.15, 0.2) is 0 Å². The van der Waals surface area contributed by atoms with Gasteiger partial charge in [-0.1, -0.05) is 0 Å². The molecular weight excluding hydrogens is 354 g/mol. The maximum Gasteiger partial charge on any atom is 0.266 e. The second-order valence-electron chi connectivity index (χ2n) is 6.07. The van der Waals surface area contributed by atoms with E-state index in [0.29, 0.717) is 5.75 Å². The van der Waals surface area contributed by atoms with E-state index in [4.69, 9.17) is 9.47 Å². The van der Waals surface area contributed by atoms with Crippen molar-refractivity contribution in [3.05, 3.63) is 36.5 Å². The SMILES string of the molecule is COc1ccc(S(=O)(=O)Nc2ccc(N3CCCCC3)cn2)c(OC)c1. The van der Waals surface area contributed by atoms with E-state index in [9.17, 15) is 8.42 Å². The second-order valence-corrected chi connectivity index (χ2v) is 7.72. The summed E-state index contributed by atoms with van der Waals surface area (Å²) < 4.78 is 38.2. The number of hydrogen-bond acceptors (Lipinski definition) is 6. The minimum Gasteiger partial charge on any atom is -0.497 e. The first-order valence-electron chi connectivity index (χ1n) is 8.49. The number of piperidine rings is 1. The summed E-state index contributed by atoms with van der Waals surface area (Å²) in [7, 11) is -0.900. The third kappa shape index (κ3) is 4.01. The van der Waals surface area contributed by atoms with Gasteiger partial charge in [-0.2, -0.15) is 0 Å². The predicted octanol–water partition coefficient (Wildman–Crippen LogP) is 2.89. The van der Waals surface area contributed by atoms with Gasteiger partial charge in [0.1, 0.15) is 22.2 Å². The minimum atomic E-state index is -3.83. The third-order valence-electron chi connectivity index (χ3n) is 4.37. The Hall–Kier alpha value is -2.48. The molecule has 1 aliphatic heterocycles. The lowest BCUT2D eigenvalue weighted by molar-refractivity contribution is 0.386. The van der Waals surface area contributed by atoms with Gasteiger partial charge in [0.2, 0.25) is 0 Å². The highest BCUT2D eigenvalue weighted by Gasteiger charge is 2.21. The molecule has 0 atom stereocenters. The lowest BCUT2D eigenvalue weighted by Gasteiger charge is -2.28. The molecule has 0 bridgehead atoms. The Labute approximate surface area is 154 Å². The van der Waals surface area contributed by atoms with Crippen LogP contribution in [-0.4, -0.2) is 40.7 Å². The summed E-state index contributed by atoms with van der Waals surface area (Å²) in [4.78, 5) is 6.55. The first-order valence-corrected chi connectivity index (χ1v) is 9.97. The topological polar surface area (TPSA) is 80.8 Å². The number of hydrogen-bond donors (Lipinski definition) is 1. The number of ether oxygens (including phenoxy) is 2. The van der Waals surface area contributed by atoms with E-state index in [0.717, 1.165) is 18.8 Å². The molecule has 2 aromatic rings. The summed E-state index contributed by atoms with van der Waals surface area (Å²) in [5.41, 5.74) is 1.01. The van der Waals surface area contributed by atoms with Gasteiger partial charge in [0, 0.05) is 19.2 Å². The van der Waals surface area contributed by atoms with Crippen LogP contribution in [0.3, 0.4) is 0 Å². The van der Waals surface area contributed by atoms with Crippen LogP contribution in [0.1, 0.15) is 19.3 Å². The number of nitrogens with one attached hydrogen (secondary N) is 1. The van der Waals surface area contributed by atoms with E-state index < -0.39 is 10.0 Å². The number of pyridine rings is 1. The van der Waals surface area contributed by atoms with Crippen LogP contribution in [0.15, 0.2) is 41.4 Å². The molecule has 1 aromatic carbocycles. The highest BCUT2D eigenvalue weighted by molar-refractivity contribution is 7.92. The fraction of sp³-hybridized carbons (Fsp3) is 0.389. The first kappa shape index (κ1) is 18.3. The monoisotopic (exact) mass is 377 g/mol. The van der Waals surface area contributed by atoms with Crippen molar-refractivity contribution in [1.29, 1.82) is 0 Å². The van der Waals surface area contributed by atoms with Crippen LogP contribution >= 0.6 is 0 Å². The van der Waals surface area contributed by atoms with Gasteiger partial charge >= 0.3 is 0 Å². The van der Waals surface area contributed by atoms with E-state index >= 15 is 0 Å². The van der Waals surface area contributed by atoms with Crippen LogP contribution in [-0.2, 0) is 10.0 Å². The molecule has 0 unspecified atom stereocenters. The normalized spacial score (nSPS) is 14.8. The molecule has 26 heavy (non-hydrogen) atoms. The molecule has 3 rings (SSSR count). The van der Waals surface area contributed by atoms with Crippen LogP contribution in [0.5, 0.6) is 11.5 Å². The number of aromatic nitrogens is 1. The van der Waals surface area contributed by atoms with E-state index in [1.165, 1.54) is 45.6 Å². The van der Waals surface area contributed by atoms with E-state index in [1.807, 2.05) is 6.07 Å². The largest absolute Gasteiger partial charge is 0.497 e. The van der Waals surface area contributed by atoms with Crippen LogP contribution in [0.4, 0.5) is 11.5 Å². The van der Waals surface area contributed by atoms with Gasteiger partial charge in [0.25, 0.3) is 10.0 Å². The van der Waals surface area contributed by atoms with Crippen molar-refractivity contribution >= 4 is 21.5 Å². The molecule has 0 spiro atoms. The van der Waals surface area contributed by atoms with Crippen molar-refractivity contribution in [3.63, 3.8) is 0 Å². The lowest BCUT2D eigenvalue weighted by atomic mass is 10.1. The molecule has 1 saturated heterocycles. The van der Waals surface area contributed by atoms with Gasteiger partial charge in [-0.15, -0.1) is 0 Å². The van der Waals surface area contributed by atoms with Crippen LogP contribution < -0.4 is 19.1 Å². The summed E-state index contributed by atoms with van der Waals surface area (Å²) in [5, 5.41) is 0. The Balaban J connectivity index is 1.79. The van der Waals surface area contributed by atoms with Gasteiger partial charge in [0.05, 0.1) is 26.1 Å². The Morgan fingerprint density at radius 3 is 2.42 bits per heavy atom. The Morgan fingerprint density at radius 2 is 1.81 bits per heavy atom. The first-order chi connectivity index (χ1) is 12.5. The fourth-order valence-corrected chi connectivity index (χ4v) is 4.14. The number of methoxy groups -OCH3 is 2. The van der Waals surface area contributed by atoms with Crippen molar-refractivity contribution in [2.24, 2.45) is 0 Å². The van der Waals surface area contributed by atoms with Crippen molar-refractivity contribution < 1.29 is 17.9 Å². The van der Waals surface area contributed by atoms with Crippen molar-refractivity contribution in [1.82, 2.24) is 4.98 Å². The quantitative estimate of drug-likeness (QED) is 0.834. The number of rotatable bonds is 6. The number of anilines is 2. The zero-order chi connectivity index (χ0) is 18.6. The smallest absolute Gasteiger partial charge is 0.266 e. The minimum absolute atomic E-state index is 0.0303. The molecule has 1 N–H and O–H groups in total. The fourth-order valence-electron chi connectivity index (χ4n) is 2.98. The average molecular weight is 377 g/mol. The van der Waals surface area contributed by atoms with E-state index in [1.54, 1.807) is 18.3 Å². The van der Waals surface area contributed by atoms with Crippen LogP contribution in [0, 0.1) is 0 Å². The Morgan fingerprint density at radius 1 is 1.04 bits per heavy atom. The molecule has 1 fully saturated rings.